The van der Waals surface area contributed by atoms with Crippen molar-refractivity contribution in [2.45, 2.75) is 88.5 Å². The second-order valence-electron chi connectivity index (χ2n) is 23.6. The second-order valence-corrected chi connectivity index (χ2v) is 23.6. The maximum atomic E-state index is 5.80. The van der Waals surface area contributed by atoms with E-state index in [1.54, 1.807) is 35.5 Å². The van der Waals surface area contributed by atoms with Crippen LogP contribution >= 0.6 is 0 Å². The van der Waals surface area contributed by atoms with Crippen LogP contribution in [0.4, 0.5) is 0 Å². The molecule has 9 aromatic carbocycles. The fraction of sp³-hybridized carbons (Fsp3) is 0.308. The molecule has 0 saturated carbocycles. The van der Waals surface area contributed by atoms with Crippen LogP contribution in [-0.2, 0) is 58.3 Å². The van der Waals surface area contributed by atoms with Gasteiger partial charge in [-0.05, 0) is 143 Å². The molecule has 0 spiro atoms. The molecule has 0 aromatic heterocycles. The van der Waals surface area contributed by atoms with Crippen molar-refractivity contribution in [3.8, 4) is 28.7 Å². The van der Waals surface area contributed by atoms with E-state index in [1.165, 1.54) is 50.1 Å². The third-order valence-electron chi connectivity index (χ3n) is 17.6. The highest BCUT2D eigenvalue weighted by atomic mass is 16.5. The quantitative estimate of drug-likeness (QED) is 0.0670. The summed E-state index contributed by atoms with van der Waals surface area (Å²) in [5.41, 5.74) is 11.5. The highest BCUT2D eigenvalue weighted by molar-refractivity contribution is 5.33. The average molecular weight is 1180 g/mol. The summed E-state index contributed by atoms with van der Waals surface area (Å²) >= 11 is 0. The Hall–Kier alpha value is -8.22. The van der Waals surface area contributed by atoms with Gasteiger partial charge in [-0.25, -0.2) is 0 Å². The van der Waals surface area contributed by atoms with Gasteiger partial charge in [0.2, 0.25) is 0 Å². The van der Waals surface area contributed by atoms with Gasteiger partial charge in [0.1, 0.15) is 28.7 Å². The summed E-state index contributed by atoms with van der Waals surface area (Å²) < 4.78 is 28.9. The highest BCUT2D eigenvalue weighted by Gasteiger charge is 2.35. The Bertz CT molecular complexity index is 3320. The third-order valence-corrected chi connectivity index (χ3v) is 17.6. The molecule has 1 N–H and O–H groups in total. The Kier molecular flexibility index (Phi) is 23.3. The van der Waals surface area contributed by atoms with Crippen LogP contribution in [0, 0.1) is 0 Å². The van der Waals surface area contributed by atoms with Gasteiger partial charge < -0.3 is 29.0 Å². The molecule has 1 aliphatic rings. The van der Waals surface area contributed by atoms with E-state index in [2.05, 4.69) is 268 Å². The third kappa shape index (κ3) is 18.7. The van der Waals surface area contributed by atoms with Gasteiger partial charge in [0, 0.05) is 89.1 Å². The lowest BCUT2D eigenvalue weighted by Crippen LogP contribution is -2.55. The summed E-state index contributed by atoms with van der Waals surface area (Å²) in [5.74, 6) is 4.28. The van der Waals surface area contributed by atoms with Crippen LogP contribution in [0.2, 0.25) is 0 Å². The number of nitrogens with zero attached hydrogens (tertiary/aromatic N) is 4. The van der Waals surface area contributed by atoms with E-state index >= 15 is 0 Å². The Labute approximate surface area is 524 Å². The number of hydrogen-bond donors (Lipinski definition) is 1. The molecule has 10 nitrogen and oxygen atoms in total. The Balaban J connectivity index is 1.21. The predicted molar refractivity (Wildman–Crippen MR) is 358 cm³/mol. The molecule has 1 saturated heterocycles. The molecule has 88 heavy (non-hydrogen) atoms. The highest BCUT2D eigenvalue weighted by Crippen LogP contribution is 2.29. The fourth-order valence-electron chi connectivity index (χ4n) is 12.7. The SMILES string of the molecule is COc1ccc(C[C@H]2CN(Cc3ccccc3)[C@@H](Cc3ccc(OC)cc3)CN(Cc3ccccc3)[C@@H](Cc3ccc(OC)cc3)CN(Cc3ccccc3)[C@@H](Cc3ccc(OC)cc3)CN(Cc3ccccc3)[C@@H](Cc3ccc(OC)cc3)CN2)cc1. The minimum atomic E-state index is 0.0416. The smallest absolute Gasteiger partial charge is 0.118 e. The summed E-state index contributed by atoms with van der Waals surface area (Å²) in [6.07, 6.45) is 4.11. The number of benzene rings is 9. The first-order chi connectivity index (χ1) is 43.3. The second kappa shape index (κ2) is 32.7. The van der Waals surface area contributed by atoms with Crippen LogP contribution in [0.3, 0.4) is 0 Å². The zero-order chi connectivity index (χ0) is 60.7. The van der Waals surface area contributed by atoms with Crippen LogP contribution < -0.4 is 29.0 Å². The summed E-state index contributed by atoms with van der Waals surface area (Å²) in [7, 11) is 8.75. The van der Waals surface area contributed by atoms with Crippen LogP contribution in [0.5, 0.6) is 28.7 Å². The molecule has 456 valence electrons. The molecule has 0 bridgehead atoms. The van der Waals surface area contributed by atoms with E-state index in [0.717, 1.165) is 120 Å². The molecule has 1 heterocycles. The fourth-order valence-corrected chi connectivity index (χ4v) is 12.7. The molecule has 10 rings (SSSR count). The van der Waals surface area contributed by atoms with Crippen molar-refractivity contribution in [2.75, 3.05) is 68.3 Å². The van der Waals surface area contributed by atoms with Crippen LogP contribution in [0.15, 0.2) is 243 Å². The van der Waals surface area contributed by atoms with E-state index in [-0.39, 0.29) is 30.2 Å². The van der Waals surface area contributed by atoms with Gasteiger partial charge in [0.15, 0.2) is 0 Å². The monoisotopic (exact) mass is 1180 g/mol. The standard InChI is InChI=1S/C78H89N5O5/c1-84-74-36-26-60(27-37-74)46-69-56-80(52-65-18-10-6-11-19-65)71(48-62-30-40-76(86-3)41-31-62)58-82(54-67-22-14-8-15-23-67)73(50-64-34-44-78(88-5)45-35-64)59-83(55-68-24-16-9-17-25-68)72(49-63-32-42-77(87-4)43-33-63)57-81(53-66-20-12-7-13-21-66)70(51-79-69)47-61-28-38-75(85-2)39-29-61/h6-45,69-73,79H,46-59H2,1-5H3/t69-,70-,71-,72-,73-/m0/s1. The molecule has 9 aromatic rings. The average Bonchev–Trinajstić information content (AvgIpc) is 3.76. The molecule has 1 fully saturated rings. The molecule has 0 amide bonds. The van der Waals surface area contributed by atoms with Gasteiger partial charge in [0.25, 0.3) is 0 Å². The van der Waals surface area contributed by atoms with Crippen molar-refractivity contribution in [3.05, 3.63) is 293 Å². The molecular weight excluding hydrogens is 1090 g/mol. The zero-order valence-corrected chi connectivity index (χ0v) is 52.2. The first-order valence-electron chi connectivity index (χ1n) is 31.3. The first kappa shape index (κ1) is 62.8. The maximum Gasteiger partial charge on any atom is 0.118 e. The van der Waals surface area contributed by atoms with Crippen LogP contribution in [-0.4, -0.2) is 118 Å². The molecule has 0 aliphatic carbocycles. The van der Waals surface area contributed by atoms with Gasteiger partial charge >= 0.3 is 0 Å². The van der Waals surface area contributed by atoms with Crippen LogP contribution in [0.25, 0.3) is 0 Å². The number of methoxy groups -OCH3 is 5. The van der Waals surface area contributed by atoms with Crippen molar-refractivity contribution in [2.24, 2.45) is 0 Å². The molecule has 5 atom stereocenters. The number of nitrogens with one attached hydrogen (secondary N) is 1. The normalized spacial score (nSPS) is 18.6. The largest absolute Gasteiger partial charge is 0.497 e. The number of ether oxygens (including phenoxy) is 5. The van der Waals surface area contributed by atoms with E-state index in [9.17, 15) is 0 Å². The number of hydrogen-bond acceptors (Lipinski definition) is 10. The van der Waals surface area contributed by atoms with Crippen molar-refractivity contribution in [3.63, 3.8) is 0 Å². The first-order valence-corrected chi connectivity index (χ1v) is 31.3. The molecule has 0 unspecified atom stereocenters. The van der Waals surface area contributed by atoms with Gasteiger partial charge in [-0.1, -0.05) is 182 Å². The number of rotatable bonds is 23. The lowest BCUT2D eigenvalue weighted by atomic mass is 9.96. The molecule has 1 aliphatic heterocycles. The van der Waals surface area contributed by atoms with Crippen molar-refractivity contribution >= 4 is 0 Å². The van der Waals surface area contributed by atoms with E-state index in [0.29, 0.717) is 0 Å². The van der Waals surface area contributed by atoms with Crippen molar-refractivity contribution in [1.29, 1.82) is 0 Å². The van der Waals surface area contributed by atoms with E-state index in [4.69, 9.17) is 23.7 Å². The van der Waals surface area contributed by atoms with Crippen molar-refractivity contribution < 1.29 is 23.7 Å². The minimum Gasteiger partial charge on any atom is -0.497 e. The molecular formula is C78H89N5O5. The Morgan fingerprint density at radius 1 is 0.261 bits per heavy atom. The summed E-state index contributed by atoms with van der Waals surface area (Å²) in [6.45, 7) is 6.99. The summed E-state index contributed by atoms with van der Waals surface area (Å²) in [5, 5.41) is 4.41. The lowest BCUT2D eigenvalue weighted by molar-refractivity contribution is 0.0511. The topological polar surface area (TPSA) is 71.1 Å². The minimum absolute atomic E-state index is 0.0416. The zero-order valence-electron chi connectivity index (χ0n) is 52.2. The summed E-state index contributed by atoms with van der Waals surface area (Å²) in [4.78, 5) is 11.3. The van der Waals surface area contributed by atoms with E-state index in [1.807, 2.05) is 0 Å². The lowest BCUT2D eigenvalue weighted by Gasteiger charge is -2.44. The molecule has 10 heteroatoms. The van der Waals surface area contributed by atoms with Gasteiger partial charge in [0.05, 0.1) is 35.5 Å². The van der Waals surface area contributed by atoms with E-state index < -0.39 is 0 Å². The van der Waals surface area contributed by atoms with Gasteiger partial charge in [-0.3, -0.25) is 19.6 Å². The molecule has 0 radical (unpaired) electrons. The summed E-state index contributed by atoms with van der Waals surface area (Å²) in [6, 6.07) is 88.7. The van der Waals surface area contributed by atoms with Crippen LogP contribution in [0.1, 0.15) is 50.1 Å². The predicted octanol–water partition coefficient (Wildman–Crippen LogP) is 13.7. The van der Waals surface area contributed by atoms with Gasteiger partial charge in [-0.2, -0.15) is 0 Å². The Morgan fingerprint density at radius 2 is 0.489 bits per heavy atom. The van der Waals surface area contributed by atoms with Crippen molar-refractivity contribution in [1.82, 2.24) is 24.9 Å². The Morgan fingerprint density at radius 3 is 0.750 bits per heavy atom. The maximum absolute atomic E-state index is 5.80. The van der Waals surface area contributed by atoms with Gasteiger partial charge in [-0.15, -0.1) is 0 Å².